The number of hydrogen-bond donors (Lipinski definition) is 1. The first-order valence-electron chi connectivity index (χ1n) is 13.1. The van der Waals surface area contributed by atoms with Crippen molar-refractivity contribution >= 4 is 41.0 Å². The smallest absolute Gasteiger partial charge is 0.360 e. The third kappa shape index (κ3) is 5.08. The maximum Gasteiger partial charge on any atom is 0.360 e. The Morgan fingerprint density at radius 1 is 1.21 bits per heavy atom. The van der Waals surface area contributed by atoms with Gasteiger partial charge in [0.2, 0.25) is 0 Å². The van der Waals surface area contributed by atoms with Gasteiger partial charge in [-0.2, -0.15) is 0 Å². The minimum Gasteiger partial charge on any atom is -0.464 e. The van der Waals surface area contributed by atoms with E-state index in [1.807, 2.05) is 19.9 Å². The number of nitrogens with zero attached hydrogens (tertiary/aromatic N) is 5. The van der Waals surface area contributed by atoms with Gasteiger partial charge in [0.25, 0.3) is 0 Å². The Hall–Kier alpha value is -2.14. The zero-order chi connectivity index (χ0) is 27.2. The minimum atomic E-state index is -0.743. The molecule has 2 atom stereocenters. The summed E-state index contributed by atoms with van der Waals surface area (Å²) in [5.41, 5.74) is -0.351. The second kappa shape index (κ2) is 10.4. The number of methoxy groups -OCH3 is 1. The highest BCUT2D eigenvalue weighted by atomic mass is 35.5. The van der Waals surface area contributed by atoms with Crippen LogP contribution in [0.4, 0.5) is 11.6 Å². The molecule has 0 saturated carbocycles. The molecule has 0 aliphatic carbocycles. The highest BCUT2D eigenvalue weighted by Crippen LogP contribution is 2.47. The van der Waals surface area contributed by atoms with Crippen molar-refractivity contribution < 1.29 is 19.4 Å². The summed E-state index contributed by atoms with van der Waals surface area (Å²) in [6, 6.07) is 1.83. The van der Waals surface area contributed by atoms with Crippen molar-refractivity contribution in [1.29, 1.82) is 0 Å². The molecule has 3 saturated heterocycles. The van der Waals surface area contributed by atoms with Gasteiger partial charge in [0.05, 0.1) is 36.6 Å². The quantitative estimate of drug-likeness (QED) is 0.513. The molecule has 0 unspecified atom stereocenters. The Bertz CT molecular complexity index is 1190. The lowest BCUT2D eigenvalue weighted by molar-refractivity contribution is 0.00437. The molecular weight excluding hydrogens is 526 g/mol. The molecular formula is C27H36ClN5O4S. The van der Waals surface area contributed by atoms with E-state index in [-0.39, 0.29) is 23.1 Å². The summed E-state index contributed by atoms with van der Waals surface area (Å²) in [5, 5.41) is 11.3. The summed E-state index contributed by atoms with van der Waals surface area (Å²) in [6.07, 6.45) is 5.63. The van der Waals surface area contributed by atoms with Crippen LogP contribution in [0.1, 0.15) is 51.0 Å². The van der Waals surface area contributed by atoms with Crippen molar-refractivity contribution in [1.82, 2.24) is 15.0 Å². The van der Waals surface area contributed by atoms with Gasteiger partial charge in [0.15, 0.2) is 11.5 Å². The van der Waals surface area contributed by atoms with Crippen LogP contribution in [0.2, 0.25) is 5.02 Å². The molecule has 1 spiro atoms. The van der Waals surface area contributed by atoms with Crippen LogP contribution in [0, 0.1) is 17.3 Å². The lowest BCUT2D eigenvalue weighted by Gasteiger charge is -2.46. The number of anilines is 2. The zero-order valence-corrected chi connectivity index (χ0v) is 24.2. The largest absolute Gasteiger partial charge is 0.464 e. The van der Waals surface area contributed by atoms with Crippen LogP contribution >= 0.6 is 23.4 Å². The zero-order valence-electron chi connectivity index (χ0n) is 22.6. The molecule has 9 nitrogen and oxygen atoms in total. The van der Waals surface area contributed by atoms with Gasteiger partial charge in [-0.05, 0) is 45.6 Å². The molecule has 38 heavy (non-hydrogen) atoms. The molecule has 5 rings (SSSR count). The summed E-state index contributed by atoms with van der Waals surface area (Å²) in [6.45, 7) is 11.8. The molecule has 11 heteroatoms. The van der Waals surface area contributed by atoms with E-state index in [0.29, 0.717) is 40.7 Å². The molecule has 2 aromatic heterocycles. The van der Waals surface area contributed by atoms with Gasteiger partial charge in [-0.3, -0.25) is 0 Å². The maximum atomic E-state index is 12.8. The molecule has 0 aromatic carbocycles. The number of carbonyl (C=O) groups is 1. The number of aromatic nitrogens is 3. The van der Waals surface area contributed by atoms with Crippen molar-refractivity contribution in [2.45, 2.75) is 62.2 Å². The molecule has 0 amide bonds. The molecule has 3 aliphatic rings. The number of hydrogen-bond acceptors (Lipinski definition) is 10. The molecule has 3 aliphatic heterocycles. The van der Waals surface area contributed by atoms with Crippen LogP contribution < -0.4 is 9.80 Å². The number of esters is 1. The van der Waals surface area contributed by atoms with E-state index < -0.39 is 11.6 Å². The predicted octanol–water partition coefficient (Wildman–Crippen LogP) is 4.31. The number of halogens is 1. The number of aliphatic hydroxyl groups is 1. The number of pyridine rings is 1. The van der Waals surface area contributed by atoms with Gasteiger partial charge in [0.1, 0.15) is 10.8 Å². The van der Waals surface area contributed by atoms with E-state index >= 15 is 0 Å². The van der Waals surface area contributed by atoms with Crippen molar-refractivity contribution in [3.05, 3.63) is 29.2 Å². The van der Waals surface area contributed by atoms with E-state index in [0.717, 1.165) is 37.4 Å². The number of ether oxygens (including phenoxy) is 2. The first-order chi connectivity index (χ1) is 18.0. The van der Waals surface area contributed by atoms with E-state index in [4.69, 9.17) is 21.1 Å². The average molecular weight is 562 g/mol. The van der Waals surface area contributed by atoms with Gasteiger partial charge in [-0.1, -0.05) is 30.3 Å². The van der Waals surface area contributed by atoms with E-state index in [1.165, 1.54) is 18.9 Å². The SMILES string of the molecule is COC(=O)c1nc(Sc2ccnc(N3CC(C(C)(C)O)C3)c2Cl)cnc1N1CCC2(CC1)CO[C@@H](C)[C@H]2C. The lowest BCUT2D eigenvalue weighted by atomic mass is 9.70. The summed E-state index contributed by atoms with van der Waals surface area (Å²) in [5.74, 6) is 1.38. The van der Waals surface area contributed by atoms with Crippen LogP contribution in [0.5, 0.6) is 0 Å². The Kier molecular flexibility index (Phi) is 7.54. The highest BCUT2D eigenvalue weighted by molar-refractivity contribution is 7.99. The molecule has 0 bridgehead atoms. The number of carbonyl (C=O) groups excluding carboxylic acids is 1. The van der Waals surface area contributed by atoms with Gasteiger partial charge in [-0.25, -0.2) is 19.7 Å². The molecule has 5 heterocycles. The normalized spacial score (nSPS) is 23.6. The van der Waals surface area contributed by atoms with Gasteiger partial charge < -0.3 is 24.4 Å². The first kappa shape index (κ1) is 27.4. The second-order valence-corrected chi connectivity index (χ2v) is 12.8. The van der Waals surface area contributed by atoms with E-state index in [2.05, 4.69) is 38.6 Å². The van der Waals surface area contributed by atoms with Crippen molar-refractivity contribution in [3.8, 4) is 0 Å². The number of rotatable bonds is 6. The Morgan fingerprint density at radius 2 is 1.92 bits per heavy atom. The monoisotopic (exact) mass is 561 g/mol. The molecule has 0 radical (unpaired) electrons. The summed E-state index contributed by atoms with van der Waals surface area (Å²) < 4.78 is 11.0. The fourth-order valence-electron chi connectivity index (χ4n) is 5.64. The fraction of sp³-hybridized carbons (Fsp3) is 0.630. The van der Waals surface area contributed by atoms with Gasteiger partial charge in [0, 0.05) is 48.6 Å². The first-order valence-corrected chi connectivity index (χ1v) is 14.3. The fourth-order valence-corrected chi connectivity index (χ4v) is 6.77. The molecule has 2 aromatic rings. The highest BCUT2D eigenvalue weighted by Gasteiger charge is 2.47. The average Bonchev–Trinajstić information content (AvgIpc) is 3.13. The van der Waals surface area contributed by atoms with Crippen molar-refractivity contribution in [2.24, 2.45) is 17.3 Å². The van der Waals surface area contributed by atoms with Crippen LogP contribution in [0.25, 0.3) is 0 Å². The maximum absolute atomic E-state index is 12.8. The van der Waals surface area contributed by atoms with Crippen LogP contribution in [0.15, 0.2) is 28.4 Å². The Balaban J connectivity index is 1.33. The van der Waals surface area contributed by atoms with Crippen LogP contribution in [-0.2, 0) is 9.47 Å². The molecule has 3 fully saturated rings. The van der Waals surface area contributed by atoms with Gasteiger partial charge >= 0.3 is 5.97 Å². The Labute approximate surface area is 233 Å². The minimum absolute atomic E-state index is 0.162. The third-order valence-corrected chi connectivity index (χ3v) is 10.2. The van der Waals surface area contributed by atoms with Crippen molar-refractivity contribution in [2.75, 3.05) is 49.7 Å². The van der Waals surface area contributed by atoms with Crippen LogP contribution in [0.3, 0.4) is 0 Å². The molecule has 1 N–H and O–H groups in total. The third-order valence-electron chi connectivity index (χ3n) is 8.70. The van der Waals surface area contributed by atoms with Gasteiger partial charge in [-0.15, -0.1) is 0 Å². The standard InChI is InChI=1S/C27H36ClN5O4S/c1-16-17(2)37-15-27(16)7-10-32(11-8-27)24-22(25(34)36-5)31-20(12-30-24)38-19-6-9-29-23(21(19)28)33-13-18(14-33)26(3,4)35/h6,9,12,16-18,35H,7-8,10-11,13-15H2,1-5H3/t16-,17+/m1/s1. The number of piperidine rings is 1. The predicted molar refractivity (Wildman–Crippen MR) is 147 cm³/mol. The van der Waals surface area contributed by atoms with E-state index in [1.54, 1.807) is 12.4 Å². The van der Waals surface area contributed by atoms with E-state index in [9.17, 15) is 9.90 Å². The summed E-state index contributed by atoms with van der Waals surface area (Å²) >= 11 is 8.08. The second-order valence-electron chi connectivity index (χ2n) is 11.3. The molecule has 206 valence electrons. The summed E-state index contributed by atoms with van der Waals surface area (Å²) in [4.78, 5) is 31.5. The van der Waals surface area contributed by atoms with Crippen molar-refractivity contribution in [3.63, 3.8) is 0 Å². The topological polar surface area (TPSA) is 101 Å². The summed E-state index contributed by atoms with van der Waals surface area (Å²) in [7, 11) is 1.36. The van der Waals surface area contributed by atoms with Crippen LogP contribution in [-0.4, -0.2) is 77.6 Å². The lowest BCUT2D eigenvalue weighted by Crippen LogP contribution is -2.56. The Morgan fingerprint density at radius 3 is 2.53 bits per heavy atom.